The Bertz CT molecular complexity index is 391. The minimum Gasteiger partial charge on any atom is -0.380 e. The maximum atomic E-state index is 6.10. The van der Waals surface area contributed by atoms with Crippen molar-refractivity contribution in [2.24, 2.45) is 5.41 Å². The van der Waals surface area contributed by atoms with Gasteiger partial charge in [-0.05, 0) is 49.7 Å². The van der Waals surface area contributed by atoms with Gasteiger partial charge in [0.1, 0.15) is 0 Å². The molecule has 0 aromatic carbocycles. The van der Waals surface area contributed by atoms with Gasteiger partial charge in [0.15, 0.2) is 5.15 Å². The molecule has 0 aliphatic heterocycles. The SMILES string of the molecule is Cc1cnc(Cl)c(NC2CCC(C)(C)CC2)c1. The maximum Gasteiger partial charge on any atom is 0.152 e. The van der Waals surface area contributed by atoms with Crippen LogP contribution in [0.1, 0.15) is 45.1 Å². The van der Waals surface area contributed by atoms with E-state index in [0.717, 1.165) is 11.3 Å². The van der Waals surface area contributed by atoms with E-state index in [2.05, 4.69) is 30.2 Å². The molecule has 3 heteroatoms. The van der Waals surface area contributed by atoms with Gasteiger partial charge in [-0.25, -0.2) is 4.98 Å². The van der Waals surface area contributed by atoms with E-state index in [0.29, 0.717) is 16.6 Å². The third kappa shape index (κ3) is 3.35. The molecule has 1 heterocycles. The molecule has 2 nitrogen and oxygen atoms in total. The Morgan fingerprint density at radius 1 is 1.35 bits per heavy atom. The molecule has 0 bridgehead atoms. The summed E-state index contributed by atoms with van der Waals surface area (Å²) in [5.41, 5.74) is 2.64. The molecular weight excluding hydrogens is 232 g/mol. The largest absolute Gasteiger partial charge is 0.380 e. The van der Waals surface area contributed by atoms with Gasteiger partial charge < -0.3 is 5.32 Å². The van der Waals surface area contributed by atoms with Crippen LogP contribution in [-0.4, -0.2) is 11.0 Å². The quantitative estimate of drug-likeness (QED) is 0.788. The Hall–Kier alpha value is -0.760. The van der Waals surface area contributed by atoms with E-state index in [-0.39, 0.29) is 0 Å². The molecule has 1 saturated carbocycles. The number of hydrogen-bond acceptors (Lipinski definition) is 2. The molecule has 0 spiro atoms. The zero-order valence-corrected chi connectivity index (χ0v) is 11.6. The average Bonchev–Trinajstić information content (AvgIpc) is 2.26. The summed E-state index contributed by atoms with van der Waals surface area (Å²) >= 11 is 6.10. The van der Waals surface area contributed by atoms with Crippen molar-refractivity contribution in [3.8, 4) is 0 Å². The summed E-state index contributed by atoms with van der Waals surface area (Å²) in [6.07, 6.45) is 6.80. The minimum absolute atomic E-state index is 0.507. The first-order valence-electron chi connectivity index (χ1n) is 6.35. The first kappa shape index (κ1) is 12.7. The van der Waals surface area contributed by atoms with Crippen molar-refractivity contribution < 1.29 is 0 Å². The lowest BCUT2D eigenvalue weighted by atomic mass is 9.75. The lowest BCUT2D eigenvalue weighted by Gasteiger charge is -2.35. The fourth-order valence-corrected chi connectivity index (χ4v) is 2.58. The molecule has 1 aromatic rings. The van der Waals surface area contributed by atoms with E-state index in [4.69, 9.17) is 11.6 Å². The molecule has 0 saturated heterocycles. The molecular formula is C14H21ClN2. The summed E-state index contributed by atoms with van der Waals surface area (Å²) in [6.45, 7) is 6.74. The number of aromatic nitrogens is 1. The molecule has 1 aliphatic rings. The summed E-state index contributed by atoms with van der Waals surface area (Å²) < 4.78 is 0. The highest BCUT2D eigenvalue weighted by Gasteiger charge is 2.26. The zero-order chi connectivity index (χ0) is 12.5. The van der Waals surface area contributed by atoms with Gasteiger partial charge >= 0.3 is 0 Å². The van der Waals surface area contributed by atoms with E-state index >= 15 is 0 Å². The van der Waals surface area contributed by atoms with Crippen LogP contribution in [0.3, 0.4) is 0 Å². The first-order valence-corrected chi connectivity index (χ1v) is 6.73. The number of halogens is 1. The minimum atomic E-state index is 0.507. The lowest BCUT2D eigenvalue weighted by molar-refractivity contribution is 0.232. The Balaban J connectivity index is 2.00. The van der Waals surface area contributed by atoms with Crippen LogP contribution < -0.4 is 5.32 Å². The Labute approximate surface area is 109 Å². The van der Waals surface area contributed by atoms with Gasteiger partial charge in [0.25, 0.3) is 0 Å². The predicted molar refractivity (Wildman–Crippen MR) is 73.6 cm³/mol. The molecule has 0 radical (unpaired) electrons. The molecule has 1 N–H and O–H groups in total. The highest BCUT2D eigenvalue weighted by Crippen LogP contribution is 2.36. The van der Waals surface area contributed by atoms with Crippen LogP contribution in [-0.2, 0) is 0 Å². The Morgan fingerprint density at radius 3 is 2.65 bits per heavy atom. The van der Waals surface area contributed by atoms with E-state index < -0.39 is 0 Å². The van der Waals surface area contributed by atoms with Crippen LogP contribution >= 0.6 is 11.6 Å². The van der Waals surface area contributed by atoms with Crippen molar-refractivity contribution in [3.63, 3.8) is 0 Å². The van der Waals surface area contributed by atoms with Gasteiger partial charge in [-0.15, -0.1) is 0 Å². The second-order valence-electron chi connectivity index (χ2n) is 5.93. The van der Waals surface area contributed by atoms with Crippen molar-refractivity contribution in [1.82, 2.24) is 4.98 Å². The highest BCUT2D eigenvalue weighted by molar-refractivity contribution is 6.31. The summed E-state index contributed by atoms with van der Waals surface area (Å²) in [5, 5.41) is 4.12. The van der Waals surface area contributed by atoms with E-state index in [1.807, 2.05) is 6.92 Å². The van der Waals surface area contributed by atoms with Gasteiger partial charge in [0, 0.05) is 12.2 Å². The summed E-state index contributed by atoms with van der Waals surface area (Å²) in [5.74, 6) is 0. The standard InChI is InChI=1S/C14H21ClN2/c1-10-8-12(13(15)16-9-10)17-11-4-6-14(2,3)7-5-11/h8-9,11,17H,4-7H2,1-3H3. The zero-order valence-electron chi connectivity index (χ0n) is 10.9. The lowest BCUT2D eigenvalue weighted by Crippen LogP contribution is -2.30. The Morgan fingerprint density at radius 2 is 2.00 bits per heavy atom. The number of rotatable bonds is 2. The molecule has 2 rings (SSSR count). The first-order chi connectivity index (χ1) is 7.96. The van der Waals surface area contributed by atoms with Gasteiger partial charge in [-0.1, -0.05) is 25.4 Å². The third-order valence-corrected chi connectivity index (χ3v) is 3.98. The van der Waals surface area contributed by atoms with Crippen LogP contribution in [0.2, 0.25) is 5.15 Å². The number of aryl methyl sites for hydroxylation is 1. The number of hydrogen-bond donors (Lipinski definition) is 1. The molecule has 94 valence electrons. The predicted octanol–water partition coefficient (Wildman–Crippen LogP) is 4.42. The van der Waals surface area contributed by atoms with Crippen LogP contribution in [0, 0.1) is 12.3 Å². The van der Waals surface area contributed by atoms with Crippen molar-refractivity contribution in [2.45, 2.75) is 52.5 Å². The van der Waals surface area contributed by atoms with Crippen LogP contribution in [0.15, 0.2) is 12.3 Å². The maximum absolute atomic E-state index is 6.10. The van der Waals surface area contributed by atoms with E-state index in [1.165, 1.54) is 25.7 Å². The molecule has 0 atom stereocenters. The summed E-state index contributed by atoms with van der Waals surface area (Å²) in [4.78, 5) is 4.18. The van der Waals surface area contributed by atoms with Crippen LogP contribution in [0.4, 0.5) is 5.69 Å². The molecule has 17 heavy (non-hydrogen) atoms. The van der Waals surface area contributed by atoms with Gasteiger partial charge in [0.2, 0.25) is 0 Å². The van der Waals surface area contributed by atoms with Gasteiger partial charge in [0.05, 0.1) is 5.69 Å². The molecule has 1 fully saturated rings. The average molecular weight is 253 g/mol. The number of pyridine rings is 1. The topological polar surface area (TPSA) is 24.9 Å². The third-order valence-electron chi connectivity index (χ3n) is 3.67. The summed E-state index contributed by atoms with van der Waals surface area (Å²) in [6, 6.07) is 2.62. The van der Waals surface area contributed by atoms with Crippen molar-refractivity contribution >= 4 is 17.3 Å². The smallest absolute Gasteiger partial charge is 0.152 e. The van der Waals surface area contributed by atoms with Crippen LogP contribution in [0.25, 0.3) is 0 Å². The van der Waals surface area contributed by atoms with Crippen molar-refractivity contribution in [2.75, 3.05) is 5.32 Å². The molecule has 1 aliphatic carbocycles. The van der Waals surface area contributed by atoms with Gasteiger partial charge in [-0.2, -0.15) is 0 Å². The van der Waals surface area contributed by atoms with Crippen molar-refractivity contribution in [1.29, 1.82) is 0 Å². The van der Waals surface area contributed by atoms with Gasteiger partial charge in [-0.3, -0.25) is 0 Å². The van der Waals surface area contributed by atoms with Crippen molar-refractivity contribution in [3.05, 3.63) is 23.0 Å². The Kier molecular flexibility index (Phi) is 3.62. The monoisotopic (exact) mass is 252 g/mol. The molecule has 1 aromatic heterocycles. The summed E-state index contributed by atoms with van der Waals surface area (Å²) in [7, 11) is 0. The fraction of sp³-hybridized carbons (Fsp3) is 0.643. The second kappa shape index (κ2) is 4.85. The molecule has 0 unspecified atom stereocenters. The second-order valence-corrected chi connectivity index (χ2v) is 6.29. The normalized spacial score (nSPS) is 20.2. The van der Waals surface area contributed by atoms with E-state index in [1.54, 1.807) is 6.20 Å². The fourth-order valence-electron chi connectivity index (χ4n) is 2.42. The van der Waals surface area contributed by atoms with E-state index in [9.17, 15) is 0 Å². The highest BCUT2D eigenvalue weighted by atomic mass is 35.5. The number of nitrogens with zero attached hydrogens (tertiary/aromatic N) is 1. The molecule has 0 amide bonds. The number of anilines is 1. The van der Waals surface area contributed by atoms with Crippen LogP contribution in [0.5, 0.6) is 0 Å². The number of nitrogens with one attached hydrogen (secondary N) is 1.